The molecule has 0 aromatic carbocycles. The van der Waals surface area contributed by atoms with Crippen molar-refractivity contribution in [2.75, 3.05) is 0 Å². The van der Waals surface area contributed by atoms with E-state index in [2.05, 4.69) is 84.9 Å². The lowest BCUT2D eigenvalue weighted by Crippen LogP contribution is -2.29. The summed E-state index contributed by atoms with van der Waals surface area (Å²) in [4.78, 5) is 29.8. The van der Waals surface area contributed by atoms with Gasteiger partial charge in [-0.05, 0) is 70.3 Å². The number of rotatable bonds is 0. The third-order valence-electron chi connectivity index (χ3n) is 10.6. The van der Waals surface area contributed by atoms with Gasteiger partial charge in [-0.1, -0.05) is 80.4 Å². The van der Waals surface area contributed by atoms with Crippen LogP contribution < -0.4 is 5.73 Å². The number of Topliss-reactive ketones (excluding diaryl/α,β-unsaturated/α-hetero) is 1. The Bertz CT molecular complexity index is 1200. The maximum atomic E-state index is 12.1. The fourth-order valence-corrected chi connectivity index (χ4v) is 7.63. The summed E-state index contributed by atoms with van der Waals surface area (Å²) in [5.41, 5.74) is 13.5. The molecule has 4 N–H and O–H groups in total. The minimum Gasteiger partial charge on any atom is -0.481 e. The smallest absolute Gasteiger partial charge is 0.300 e. The van der Waals surface area contributed by atoms with Crippen LogP contribution in [0, 0.1) is 38.9 Å². The number of carbonyl (C=O) groups excluding carboxylic acids is 1. The molecule has 4 aliphatic carbocycles. The average Bonchev–Trinajstić information content (AvgIpc) is 3.09. The van der Waals surface area contributed by atoms with Crippen molar-refractivity contribution in [2.45, 2.75) is 108 Å². The largest absolute Gasteiger partial charge is 0.481 e. The van der Waals surface area contributed by atoms with Crippen molar-refractivity contribution in [1.82, 2.24) is 9.97 Å². The number of hydrogen-bond donors (Lipinski definition) is 3. The molecule has 40 heavy (non-hydrogen) atoms. The van der Waals surface area contributed by atoms with Crippen molar-refractivity contribution in [2.24, 2.45) is 39.2 Å². The number of aryl methyl sites for hydroxylation is 1. The van der Waals surface area contributed by atoms with E-state index in [0.29, 0.717) is 23.0 Å². The maximum absolute atomic E-state index is 12.1. The van der Waals surface area contributed by atoms with Gasteiger partial charge in [0.15, 0.2) is 5.78 Å². The first-order valence-electron chi connectivity index (χ1n) is 14.5. The van der Waals surface area contributed by atoms with E-state index in [1.165, 1.54) is 34.4 Å². The number of allylic oxidation sites excluding steroid dienone is 4. The molecule has 0 saturated heterocycles. The minimum absolute atomic E-state index is 0.0797. The first kappa shape index (κ1) is 33.4. The lowest BCUT2D eigenvalue weighted by molar-refractivity contribution is -0.134. The molecule has 0 aliphatic heterocycles. The van der Waals surface area contributed by atoms with Gasteiger partial charge in [-0.15, -0.1) is 0 Å². The van der Waals surface area contributed by atoms with Crippen LogP contribution >= 0.6 is 0 Å². The van der Waals surface area contributed by atoms with Crippen LogP contribution in [-0.2, 0) is 16.0 Å². The monoisotopic (exact) mass is 552 g/mol. The van der Waals surface area contributed by atoms with E-state index in [0.717, 1.165) is 38.9 Å². The summed E-state index contributed by atoms with van der Waals surface area (Å²) >= 11 is 0. The zero-order valence-corrected chi connectivity index (χ0v) is 26.7. The normalized spacial score (nSPS) is 25.9. The molecule has 5 rings (SSSR count). The molecule has 7 heteroatoms. The van der Waals surface area contributed by atoms with Crippen molar-refractivity contribution in [3.8, 4) is 0 Å². The highest BCUT2D eigenvalue weighted by atomic mass is 16.4. The summed E-state index contributed by atoms with van der Waals surface area (Å²) < 4.78 is 0. The molecule has 7 nitrogen and oxygen atoms in total. The predicted octanol–water partition coefficient (Wildman–Crippen LogP) is 7.26. The van der Waals surface area contributed by atoms with Gasteiger partial charge < -0.3 is 10.8 Å². The quantitative estimate of drug-likeness (QED) is 0.229. The second-order valence-corrected chi connectivity index (χ2v) is 13.9. The molecule has 0 radical (unpaired) electrons. The number of ketones is 1. The lowest BCUT2D eigenvalue weighted by atomic mass is 9.69. The number of carboxylic acid groups (broad SMARTS) is 1. The van der Waals surface area contributed by atoms with Gasteiger partial charge in [0, 0.05) is 25.1 Å². The van der Waals surface area contributed by atoms with E-state index in [-0.39, 0.29) is 16.2 Å². The SMILES string of the molecule is CC(=O)O.CC1C(C)(C)C2=C(C(=O)CCC2)C1(C)C.CC1C(C)(C)C2=C(c3ncncc3CC2)C1(C)C.N=CN. The second kappa shape index (κ2) is 12.0. The molecule has 222 valence electrons. The molecule has 0 amide bonds. The molecule has 0 bridgehead atoms. The highest BCUT2D eigenvalue weighted by Gasteiger charge is 2.53. The molecule has 0 fully saturated rings. The van der Waals surface area contributed by atoms with Crippen molar-refractivity contribution < 1.29 is 14.7 Å². The molecule has 4 aliphatic rings. The van der Waals surface area contributed by atoms with Crippen LogP contribution in [0.25, 0.3) is 5.57 Å². The zero-order chi connectivity index (χ0) is 30.8. The molecule has 1 aromatic rings. The van der Waals surface area contributed by atoms with Crippen molar-refractivity contribution in [3.05, 3.63) is 40.5 Å². The van der Waals surface area contributed by atoms with Crippen molar-refractivity contribution >= 4 is 23.7 Å². The lowest BCUT2D eigenvalue weighted by Gasteiger charge is -2.34. The third-order valence-corrected chi connectivity index (χ3v) is 10.6. The molecule has 1 aromatic heterocycles. The number of aliphatic carboxylic acids is 1. The number of nitrogens with two attached hydrogens (primary N) is 1. The fourth-order valence-electron chi connectivity index (χ4n) is 7.63. The fraction of sp³-hybridized carbons (Fsp3) is 0.667. The van der Waals surface area contributed by atoms with E-state index in [1.807, 2.05) is 6.20 Å². The van der Waals surface area contributed by atoms with Crippen LogP contribution in [0.2, 0.25) is 0 Å². The Morgan fingerprint density at radius 2 is 1.35 bits per heavy atom. The first-order chi connectivity index (χ1) is 18.3. The van der Waals surface area contributed by atoms with Crippen molar-refractivity contribution in [3.63, 3.8) is 0 Å². The summed E-state index contributed by atoms with van der Waals surface area (Å²) in [5, 5.41) is 13.3. The molecular weight excluding hydrogens is 500 g/mol. The van der Waals surface area contributed by atoms with E-state index in [4.69, 9.17) is 15.3 Å². The number of nitrogens with one attached hydrogen (secondary N) is 1. The Morgan fingerprint density at radius 3 is 1.82 bits per heavy atom. The van der Waals surface area contributed by atoms with Crippen molar-refractivity contribution in [1.29, 1.82) is 5.41 Å². The van der Waals surface area contributed by atoms with Crippen LogP contribution in [0.1, 0.15) is 113 Å². The molecular formula is C33H52N4O3. The van der Waals surface area contributed by atoms with Crippen LogP contribution in [0.5, 0.6) is 0 Å². The van der Waals surface area contributed by atoms with E-state index >= 15 is 0 Å². The summed E-state index contributed by atoms with van der Waals surface area (Å²) in [6, 6.07) is 0. The molecule has 1 heterocycles. The van der Waals surface area contributed by atoms with Gasteiger partial charge in [0.05, 0.1) is 12.0 Å². The highest BCUT2D eigenvalue weighted by molar-refractivity contribution is 5.99. The summed E-state index contributed by atoms with van der Waals surface area (Å²) in [7, 11) is 0. The number of hydrogen-bond acceptors (Lipinski definition) is 5. The number of aromatic nitrogens is 2. The van der Waals surface area contributed by atoms with Gasteiger partial charge in [-0.2, -0.15) is 0 Å². The Morgan fingerprint density at radius 1 is 0.900 bits per heavy atom. The van der Waals surface area contributed by atoms with Gasteiger partial charge in [0.1, 0.15) is 6.33 Å². The number of carbonyl (C=O) groups is 2. The van der Waals surface area contributed by atoms with Crippen LogP contribution in [-0.4, -0.2) is 33.2 Å². The summed E-state index contributed by atoms with van der Waals surface area (Å²) in [5.74, 6) is 0.798. The van der Waals surface area contributed by atoms with E-state index in [9.17, 15) is 4.79 Å². The minimum atomic E-state index is -0.833. The maximum Gasteiger partial charge on any atom is 0.300 e. The Hall–Kier alpha value is -2.83. The van der Waals surface area contributed by atoms with Gasteiger partial charge in [0.25, 0.3) is 5.97 Å². The van der Waals surface area contributed by atoms with E-state index in [1.54, 1.807) is 11.9 Å². The van der Waals surface area contributed by atoms with Gasteiger partial charge >= 0.3 is 0 Å². The average molecular weight is 553 g/mol. The van der Waals surface area contributed by atoms with E-state index < -0.39 is 5.97 Å². The number of carboxylic acids is 1. The second-order valence-electron chi connectivity index (χ2n) is 13.9. The van der Waals surface area contributed by atoms with Gasteiger partial charge in [-0.3, -0.25) is 15.0 Å². The number of fused-ring (bicyclic) bond motifs is 2. The molecule has 0 spiro atoms. The topological polar surface area (TPSA) is 130 Å². The highest BCUT2D eigenvalue weighted by Crippen LogP contribution is 2.63. The van der Waals surface area contributed by atoms with Crippen LogP contribution in [0.3, 0.4) is 0 Å². The Kier molecular flexibility index (Phi) is 9.98. The van der Waals surface area contributed by atoms with Crippen LogP contribution in [0.4, 0.5) is 0 Å². The first-order valence-corrected chi connectivity index (χ1v) is 14.5. The van der Waals surface area contributed by atoms with Gasteiger partial charge in [-0.25, -0.2) is 9.97 Å². The summed E-state index contributed by atoms with van der Waals surface area (Å²) in [6.07, 6.45) is 9.69. The standard InChI is InChI=1S/C16H22N2.C14H22O.C2H4O2.CH4N2/c1-10-15(2,3)12-7-6-11-8-17-9-18-14(11)13(12)16(10,4)5;1-9-13(2,3)10-7-6-8-11(15)12(10)14(9,4)5;1-2(3)4;2-1-3/h8-10H,6-7H2,1-5H3;9H,6-8H2,1-5H3;1H3,(H,3,4);1H,(H3,2,3). The third kappa shape index (κ3) is 5.94. The van der Waals surface area contributed by atoms with Gasteiger partial charge in [0.2, 0.25) is 0 Å². The summed E-state index contributed by atoms with van der Waals surface area (Å²) in [6.45, 7) is 24.4. The zero-order valence-electron chi connectivity index (χ0n) is 26.7. The molecule has 0 saturated carbocycles. The number of nitrogens with zero attached hydrogens (tertiary/aromatic N) is 2. The van der Waals surface area contributed by atoms with Crippen LogP contribution in [0.15, 0.2) is 29.2 Å². The Balaban J connectivity index is 0.000000230. The predicted molar refractivity (Wildman–Crippen MR) is 163 cm³/mol. The molecule has 2 atom stereocenters. The Labute approximate surface area is 241 Å². The molecule has 2 unspecified atom stereocenters.